The Morgan fingerprint density at radius 1 is 1.56 bits per heavy atom. The topological polar surface area (TPSA) is 46.5 Å². The molecule has 0 aliphatic carbocycles. The molecule has 16 heavy (non-hydrogen) atoms. The van der Waals surface area contributed by atoms with Crippen molar-refractivity contribution >= 4 is 33.7 Å². The van der Waals surface area contributed by atoms with E-state index in [1.54, 1.807) is 23.9 Å². The number of hydrogen-bond acceptors (Lipinski definition) is 3. The first-order chi connectivity index (χ1) is 7.65. The average Bonchev–Trinajstić information content (AvgIpc) is 2.26. The predicted molar refractivity (Wildman–Crippen MR) is 68.3 cm³/mol. The third kappa shape index (κ3) is 4.15. The molecule has 0 aliphatic rings. The van der Waals surface area contributed by atoms with Crippen molar-refractivity contribution in [1.82, 2.24) is 0 Å². The van der Waals surface area contributed by atoms with Crippen molar-refractivity contribution < 1.29 is 14.6 Å². The molecule has 0 bridgehead atoms. The largest absolute Gasteiger partial charge is 0.478 e. The molecule has 0 heterocycles. The highest BCUT2D eigenvalue weighted by Crippen LogP contribution is 2.24. The number of hydrogen-bond donors (Lipinski definition) is 1. The second kappa shape index (κ2) is 6.93. The highest BCUT2D eigenvalue weighted by Gasteiger charge is 2.08. The van der Waals surface area contributed by atoms with Gasteiger partial charge in [-0.05, 0) is 41.1 Å². The maximum atomic E-state index is 10.9. The van der Waals surface area contributed by atoms with Gasteiger partial charge in [-0.2, -0.15) is 0 Å². The molecule has 1 rings (SSSR count). The zero-order valence-corrected chi connectivity index (χ0v) is 11.3. The third-order valence-corrected chi connectivity index (χ3v) is 3.52. The summed E-state index contributed by atoms with van der Waals surface area (Å²) in [5.41, 5.74) is 0.293. The van der Waals surface area contributed by atoms with Gasteiger partial charge in [-0.3, -0.25) is 0 Å². The van der Waals surface area contributed by atoms with E-state index in [2.05, 4.69) is 15.9 Å². The number of ether oxygens (including phenoxy) is 1. The van der Waals surface area contributed by atoms with Crippen LogP contribution in [0.15, 0.2) is 27.6 Å². The Morgan fingerprint density at radius 3 is 2.94 bits per heavy atom. The van der Waals surface area contributed by atoms with Gasteiger partial charge in [0.05, 0.1) is 12.2 Å². The van der Waals surface area contributed by atoms with E-state index < -0.39 is 5.97 Å². The van der Waals surface area contributed by atoms with E-state index in [1.165, 1.54) is 0 Å². The smallest absolute Gasteiger partial charge is 0.336 e. The second-order valence-electron chi connectivity index (χ2n) is 2.99. The summed E-state index contributed by atoms with van der Waals surface area (Å²) in [6, 6.07) is 5.32. The standard InChI is InChI=1S/C11H13BrO3S/c1-2-15-5-6-16-8-3-4-10(12)9(7-8)11(13)14/h3-4,7H,2,5-6H2,1H3,(H,13,14). The van der Waals surface area contributed by atoms with Gasteiger partial charge in [0.15, 0.2) is 0 Å². The Bertz CT molecular complexity index is 368. The summed E-state index contributed by atoms with van der Waals surface area (Å²) in [5.74, 6) is -0.0896. The molecule has 0 amide bonds. The molecular weight excluding hydrogens is 292 g/mol. The summed E-state index contributed by atoms with van der Waals surface area (Å²) in [4.78, 5) is 11.8. The van der Waals surface area contributed by atoms with Crippen LogP contribution in [0.25, 0.3) is 0 Å². The van der Waals surface area contributed by atoms with Gasteiger partial charge in [0, 0.05) is 21.7 Å². The second-order valence-corrected chi connectivity index (χ2v) is 5.01. The van der Waals surface area contributed by atoms with Crippen molar-refractivity contribution in [1.29, 1.82) is 0 Å². The summed E-state index contributed by atoms with van der Waals surface area (Å²) in [7, 11) is 0. The fourth-order valence-electron chi connectivity index (χ4n) is 1.12. The van der Waals surface area contributed by atoms with Crippen LogP contribution in [-0.4, -0.2) is 30.0 Å². The molecule has 0 aliphatic heterocycles. The number of aromatic carboxylic acids is 1. The average molecular weight is 305 g/mol. The van der Waals surface area contributed by atoms with E-state index in [-0.39, 0.29) is 0 Å². The lowest BCUT2D eigenvalue weighted by molar-refractivity contribution is 0.0695. The van der Waals surface area contributed by atoms with Gasteiger partial charge in [0.1, 0.15) is 0 Å². The summed E-state index contributed by atoms with van der Waals surface area (Å²) >= 11 is 4.80. The minimum atomic E-state index is -0.917. The third-order valence-electron chi connectivity index (χ3n) is 1.87. The molecule has 0 saturated heterocycles. The van der Waals surface area contributed by atoms with Crippen LogP contribution in [0.1, 0.15) is 17.3 Å². The minimum absolute atomic E-state index is 0.293. The van der Waals surface area contributed by atoms with Gasteiger partial charge in [0.2, 0.25) is 0 Å². The lowest BCUT2D eigenvalue weighted by Crippen LogP contribution is -1.99. The van der Waals surface area contributed by atoms with Crippen molar-refractivity contribution in [3.05, 3.63) is 28.2 Å². The lowest BCUT2D eigenvalue weighted by atomic mass is 10.2. The molecule has 0 atom stereocenters. The predicted octanol–water partition coefficient (Wildman–Crippen LogP) is 3.28. The van der Waals surface area contributed by atoms with Crippen LogP contribution in [0.3, 0.4) is 0 Å². The molecule has 88 valence electrons. The van der Waals surface area contributed by atoms with Crippen molar-refractivity contribution in [2.24, 2.45) is 0 Å². The maximum absolute atomic E-state index is 10.9. The van der Waals surface area contributed by atoms with Gasteiger partial charge in [0.25, 0.3) is 0 Å². The number of thioether (sulfide) groups is 1. The highest BCUT2D eigenvalue weighted by atomic mass is 79.9. The Hall–Kier alpha value is -0.520. The van der Waals surface area contributed by atoms with Crippen molar-refractivity contribution in [3.63, 3.8) is 0 Å². The van der Waals surface area contributed by atoms with Gasteiger partial charge >= 0.3 is 5.97 Å². The van der Waals surface area contributed by atoms with Crippen LogP contribution in [0.4, 0.5) is 0 Å². The van der Waals surface area contributed by atoms with E-state index in [0.717, 1.165) is 10.6 Å². The Labute approximate surface area is 107 Å². The summed E-state index contributed by atoms with van der Waals surface area (Å²) in [6.07, 6.45) is 0. The summed E-state index contributed by atoms with van der Waals surface area (Å²) in [6.45, 7) is 3.34. The van der Waals surface area contributed by atoms with Crippen LogP contribution >= 0.6 is 27.7 Å². The zero-order valence-electron chi connectivity index (χ0n) is 8.90. The van der Waals surface area contributed by atoms with Gasteiger partial charge < -0.3 is 9.84 Å². The molecule has 0 fully saturated rings. The van der Waals surface area contributed by atoms with Crippen molar-refractivity contribution in [2.75, 3.05) is 19.0 Å². The van der Waals surface area contributed by atoms with Crippen LogP contribution in [0.5, 0.6) is 0 Å². The summed E-state index contributed by atoms with van der Waals surface area (Å²) < 4.78 is 5.82. The van der Waals surface area contributed by atoms with Gasteiger partial charge in [-0.25, -0.2) is 4.79 Å². The summed E-state index contributed by atoms with van der Waals surface area (Å²) in [5, 5.41) is 8.94. The number of carboxylic acid groups (broad SMARTS) is 1. The Kier molecular flexibility index (Phi) is 5.87. The maximum Gasteiger partial charge on any atom is 0.336 e. The van der Waals surface area contributed by atoms with E-state index in [0.29, 0.717) is 23.2 Å². The van der Waals surface area contributed by atoms with Crippen molar-refractivity contribution in [2.45, 2.75) is 11.8 Å². The van der Waals surface area contributed by atoms with Gasteiger partial charge in [-0.1, -0.05) is 0 Å². The molecular formula is C11H13BrO3S. The molecule has 1 N–H and O–H groups in total. The van der Waals surface area contributed by atoms with E-state index >= 15 is 0 Å². The van der Waals surface area contributed by atoms with Crippen LogP contribution in [-0.2, 0) is 4.74 Å². The molecule has 0 spiro atoms. The van der Waals surface area contributed by atoms with Crippen LogP contribution in [0.2, 0.25) is 0 Å². The molecule has 5 heteroatoms. The normalized spacial score (nSPS) is 10.4. The molecule has 1 aromatic carbocycles. The molecule has 0 aromatic heterocycles. The van der Waals surface area contributed by atoms with E-state index in [9.17, 15) is 4.79 Å². The molecule has 0 unspecified atom stereocenters. The first kappa shape index (κ1) is 13.5. The lowest BCUT2D eigenvalue weighted by Gasteiger charge is -2.04. The van der Waals surface area contributed by atoms with Crippen molar-refractivity contribution in [3.8, 4) is 0 Å². The Balaban J connectivity index is 2.61. The van der Waals surface area contributed by atoms with Crippen LogP contribution in [0, 0.1) is 0 Å². The first-order valence-electron chi connectivity index (χ1n) is 4.88. The number of halogens is 1. The molecule has 3 nitrogen and oxygen atoms in total. The SMILES string of the molecule is CCOCCSc1ccc(Br)c(C(=O)O)c1. The number of benzene rings is 1. The fourth-order valence-corrected chi connectivity index (χ4v) is 2.34. The Morgan fingerprint density at radius 2 is 2.31 bits per heavy atom. The number of rotatable bonds is 6. The van der Waals surface area contributed by atoms with E-state index in [1.807, 2.05) is 13.0 Å². The number of carbonyl (C=O) groups is 1. The molecule has 1 aromatic rings. The quantitative estimate of drug-likeness (QED) is 0.647. The zero-order chi connectivity index (χ0) is 12.0. The number of carboxylic acids is 1. The fraction of sp³-hybridized carbons (Fsp3) is 0.364. The minimum Gasteiger partial charge on any atom is -0.478 e. The first-order valence-corrected chi connectivity index (χ1v) is 6.66. The molecule has 0 radical (unpaired) electrons. The monoisotopic (exact) mass is 304 g/mol. The van der Waals surface area contributed by atoms with E-state index in [4.69, 9.17) is 9.84 Å². The van der Waals surface area contributed by atoms with Crippen LogP contribution < -0.4 is 0 Å². The molecule has 0 saturated carbocycles. The van der Waals surface area contributed by atoms with Gasteiger partial charge in [-0.15, -0.1) is 11.8 Å². The highest BCUT2D eigenvalue weighted by molar-refractivity contribution is 9.10.